The molecule has 0 saturated carbocycles. The lowest BCUT2D eigenvalue weighted by atomic mass is 10.1. The SMILES string of the molecule is CC1CCC(C(=O)NCC(N)C(C)O)O1. The van der Waals surface area contributed by atoms with Crippen LogP contribution in [-0.4, -0.2) is 41.9 Å². The lowest BCUT2D eigenvalue weighted by Crippen LogP contribution is -2.46. The zero-order valence-corrected chi connectivity index (χ0v) is 9.27. The van der Waals surface area contributed by atoms with E-state index in [0.29, 0.717) is 0 Å². The third-order valence-corrected chi connectivity index (χ3v) is 2.66. The van der Waals surface area contributed by atoms with Crippen LogP contribution in [0.3, 0.4) is 0 Å². The van der Waals surface area contributed by atoms with E-state index in [1.165, 1.54) is 0 Å². The summed E-state index contributed by atoms with van der Waals surface area (Å²) < 4.78 is 5.40. The summed E-state index contributed by atoms with van der Waals surface area (Å²) in [5.41, 5.74) is 5.59. The fourth-order valence-corrected chi connectivity index (χ4v) is 1.50. The molecule has 0 aliphatic carbocycles. The van der Waals surface area contributed by atoms with Crippen molar-refractivity contribution in [3.63, 3.8) is 0 Å². The summed E-state index contributed by atoms with van der Waals surface area (Å²) in [5, 5.41) is 11.8. The third-order valence-electron chi connectivity index (χ3n) is 2.66. The van der Waals surface area contributed by atoms with Crippen molar-refractivity contribution in [3.05, 3.63) is 0 Å². The normalized spacial score (nSPS) is 29.9. The molecule has 0 aromatic rings. The fourth-order valence-electron chi connectivity index (χ4n) is 1.50. The molecule has 1 amide bonds. The van der Waals surface area contributed by atoms with Gasteiger partial charge in [-0.2, -0.15) is 0 Å². The van der Waals surface area contributed by atoms with E-state index >= 15 is 0 Å². The number of aliphatic hydroxyl groups excluding tert-OH is 1. The summed E-state index contributed by atoms with van der Waals surface area (Å²) in [6.07, 6.45) is 0.874. The first-order chi connectivity index (χ1) is 7.00. The maximum absolute atomic E-state index is 11.5. The van der Waals surface area contributed by atoms with Gasteiger partial charge in [0.1, 0.15) is 6.10 Å². The molecule has 1 rings (SSSR count). The van der Waals surface area contributed by atoms with Gasteiger partial charge in [-0.05, 0) is 26.7 Å². The van der Waals surface area contributed by atoms with E-state index in [1.54, 1.807) is 6.92 Å². The molecule has 5 heteroatoms. The first kappa shape index (κ1) is 12.4. The van der Waals surface area contributed by atoms with Crippen LogP contribution in [0.5, 0.6) is 0 Å². The summed E-state index contributed by atoms with van der Waals surface area (Å²) in [4.78, 5) is 11.5. The number of ether oxygens (including phenoxy) is 1. The first-order valence-electron chi connectivity index (χ1n) is 5.37. The Balaban J connectivity index is 2.24. The van der Waals surface area contributed by atoms with Gasteiger partial charge in [0.15, 0.2) is 0 Å². The van der Waals surface area contributed by atoms with Gasteiger partial charge < -0.3 is 20.9 Å². The highest BCUT2D eigenvalue weighted by molar-refractivity contribution is 5.81. The van der Waals surface area contributed by atoms with Crippen molar-refractivity contribution in [2.24, 2.45) is 5.73 Å². The maximum atomic E-state index is 11.5. The van der Waals surface area contributed by atoms with Gasteiger partial charge in [-0.25, -0.2) is 0 Å². The highest BCUT2D eigenvalue weighted by Gasteiger charge is 2.28. The summed E-state index contributed by atoms with van der Waals surface area (Å²) in [5.74, 6) is -0.129. The summed E-state index contributed by atoms with van der Waals surface area (Å²) in [7, 11) is 0. The van der Waals surface area contributed by atoms with E-state index in [-0.39, 0.29) is 24.7 Å². The Morgan fingerprint density at radius 1 is 1.67 bits per heavy atom. The summed E-state index contributed by atoms with van der Waals surface area (Å²) in [6.45, 7) is 3.84. The van der Waals surface area contributed by atoms with E-state index in [0.717, 1.165) is 12.8 Å². The van der Waals surface area contributed by atoms with Crippen molar-refractivity contribution in [3.8, 4) is 0 Å². The van der Waals surface area contributed by atoms with Gasteiger partial charge in [0.25, 0.3) is 0 Å². The highest BCUT2D eigenvalue weighted by atomic mass is 16.5. The Hall–Kier alpha value is -0.650. The number of aliphatic hydroxyl groups is 1. The lowest BCUT2D eigenvalue weighted by molar-refractivity contribution is -0.131. The zero-order chi connectivity index (χ0) is 11.4. The van der Waals surface area contributed by atoms with Gasteiger partial charge >= 0.3 is 0 Å². The Morgan fingerprint density at radius 2 is 2.33 bits per heavy atom. The minimum Gasteiger partial charge on any atom is -0.392 e. The number of nitrogens with two attached hydrogens (primary N) is 1. The van der Waals surface area contributed by atoms with Crippen LogP contribution < -0.4 is 11.1 Å². The van der Waals surface area contributed by atoms with E-state index < -0.39 is 12.1 Å². The van der Waals surface area contributed by atoms with Gasteiger partial charge in [0, 0.05) is 12.6 Å². The van der Waals surface area contributed by atoms with E-state index in [9.17, 15) is 4.79 Å². The molecule has 0 bridgehead atoms. The molecule has 88 valence electrons. The number of carbonyl (C=O) groups is 1. The number of carbonyl (C=O) groups excluding carboxylic acids is 1. The number of hydrogen-bond acceptors (Lipinski definition) is 4. The minimum atomic E-state index is -0.617. The molecule has 1 saturated heterocycles. The van der Waals surface area contributed by atoms with Gasteiger partial charge in [-0.3, -0.25) is 4.79 Å². The molecule has 4 atom stereocenters. The summed E-state index contributed by atoms with van der Waals surface area (Å²) in [6, 6.07) is -0.423. The standard InChI is InChI=1S/C10H20N2O3/c1-6-3-4-9(15-6)10(14)12-5-8(11)7(2)13/h6-9,13H,3-5,11H2,1-2H3,(H,12,14). The second kappa shape index (κ2) is 5.44. The third kappa shape index (κ3) is 3.77. The minimum absolute atomic E-state index is 0.129. The Labute approximate surface area is 90.0 Å². The quantitative estimate of drug-likeness (QED) is 0.584. The molecule has 15 heavy (non-hydrogen) atoms. The van der Waals surface area contributed by atoms with Crippen molar-refractivity contribution >= 4 is 5.91 Å². The second-order valence-corrected chi connectivity index (χ2v) is 4.16. The van der Waals surface area contributed by atoms with Gasteiger partial charge in [-0.15, -0.1) is 0 Å². The average molecular weight is 216 g/mol. The number of nitrogens with one attached hydrogen (secondary N) is 1. The molecule has 0 radical (unpaired) electrons. The average Bonchev–Trinajstić information content (AvgIpc) is 2.60. The molecule has 0 aromatic carbocycles. The van der Waals surface area contributed by atoms with Crippen LogP contribution in [0.15, 0.2) is 0 Å². The Bertz CT molecular complexity index is 221. The Morgan fingerprint density at radius 3 is 2.80 bits per heavy atom. The molecular weight excluding hydrogens is 196 g/mol. The smallest absolute Gasteiger partial charge is 0.249 e. The predicted octanol–water partition coefficient (Wildman–Crippen LogP) is -0.622. The predicted molar refractivity (Wildman–Crippen MR) is 56.2 cm³/mol. The largest absolute Gasteiger partial charge is 0.392 e. The van der Waals surface area contributed by atoms with Crippen LogP contribution in [0, 0.1) is 0 Å². The van der Waals surface area contributed by atoms with E-state index in [4.69, 9.17) is 15.6 Å². The number of amides is 1. The molecule has 4 N–H and O–H groups in total. The topological polar surface area (TPSA) is 84.6 Å². The molecular formula is C10H20N2O3. The molecule has 5 nitrogen and oxygen atoms in total. The van der Waals surface area contributed by atoms with Crippen molar-refractivity contribution in [1.82, 2.24) is 5.32 Å². The van der Waals surface area contributed by atoms with Crippen molar-refractivity contribution < 1.29 is 14.6 Å². The zero-order valence-electron chi connectivity index (χ0n) is 9.27. The Kier molecular flexibility index (Phi) is 4.50. The molecule has 0 spiro atoms. The van der Waals surface area contributed by atoms with Crippen LogP contribution >= 0.6 is 0 Å². The molecule has 0 aromatic heterocycles. The summed E-state index contributed by atoms with van der Waals surface area (Å²) >= 11 is 0. The van der Waals surface area contributed by atoms with Crippen LogP contribution in [0.4, 0.5) is 0 Å². The van der Waals surface area contributed by atoms with Crippen LogP contribution in [-0.2, 0) is 9.53 Å². The fraction of sp³-hybridized carbons (Fsp3) is 0.900. The van der Waals surface area contributed by atoms with E-state index in [2.05, 4.69) is 5.32 Å². The second-order valence-electron chi connectivity index (χ2n) is 4.16. The monoisotopic (exact) mass is 216 g/mol. The highest BCUT2D eigenvalue weighted by Crippen LogP contribution is 2.18. The lowest BCUT2D eigenvalue weighted by Gasteiger charge is -2.17. The first-order valence-corrected chi connectivity index (χ1v) is 5.37. The van der Waals surface area contributed by atoms with Gasteiger partial charge in [0.05, 0.1) is 12.2 Å². The van der Waals surface area contributed by atoms with Crippen LogP contribution in [0.25, 0.3) is 0 Å². The molecule has 4 unspecified atom stereocenters. The number of hydrogen-bond donors (Lipinski definition) is 3. The molecule has 1 heterocycles. The van der Waals surface area contributed by atoms with Gasteiger partial charge in [0.2, 0.25) is 5.91 Å². The molecule has 1 aliphatic heterocycles. The van der Waals surface area contributed by atoms with Crippen LogP contribution in [0.1, 0.15) is 26.7 Å². The maximum Gasteiger partial charge on any atom is 0.249 e. The number of rotatable bonds is 4. The van der Waals surface area contributed by atoms with E-state index in [1.807, 2.05) is 6.92 Å². The molecule has 1 fully saturated rings. The van der Waals surface area contributed by atoms with Crippen LogP contribution in [0.2, 0.25) is 0 Å². The van der Waals surface area contributed by atoms with Gasteiger partial charge in [-0.1, -0.05) is 0 Å². The van der Waals surface area contributed by atoms with Crippen molar-refractivity contribution in [2.45, 2.75) is 51.0 Å². The van der Waals surface area contributed by atoms with Crippen molar-refractivity contribution in [2.75, 3.05) is 6.54 Å². The molecule has 1 aliphatic rings. The van der Waals surface area contributed by atoms with Crippen molar-refractivity contribution in [1.29, 1.82) is 0 Å².